The summed E-state index contributed by atoms with van der Waals surface area (Å²) in [6.45, 7) is 0. The number of benzene rings is 1. The van der Waals surface area contributed by atoms with Gasteiger partial charge in [-0.05, 0) is 5.56 Å². The number of hydrogen-bond acceptors (Lipinski definition) is 1. The fraction of sp³-hybridized carbons (Fsp3) is 0.111. The van der Waals surface area contributed by atoms with Crippen LogP contribution in [0.25, 0.3) is 0 Å². The van der Waals surface area contributed by atoms with Gasteiger partial charge in [-0.3, -0.25) is 0 Å². The molecule has 1 aromatic carbocycles. The monoisotopic (exact) mass is 170 g/mol. The normalized spacial score (nSPS) is 12.2. The summed E-state index contributed by atoms with van der Waals surface area (Å²) in [5, 5.41) is 9.13. The van der Waals surface area contributed by atoms with E-state index in [0.717, 1.165) is 0 Å². The largest absolute Gasteiger partial charge is 0.384 e. The van der Waals surface area contributed by atoms with Gasteiger partial charge in [0.2, 0.25) is 0 Å². The van der Waals surface area contributed by atoms with Crippen LogP contribution >= 0.6 is 0 Å². The zero-order chi connectivity index (χ0) is 8.97. The van der Waals surface area contributed by atoms with Gasteiger partial charge >= 0.3 is 0 Å². The number of halogens is 2. The summed E-state index contributed by atoms with van der Waals surface area (Å²) in [5.74, 6) is 0. The topological polar surface area (TPSA) is 20.2 Å². The Morgan fingerprint density at radius 1 is 1.25 bits per heavy atom. The summed E-state index contributed by atoms with van der Waals surface area (Å²) < 4.78 is 23.3. The minimum Gasteiger partial charge on any atom is -0.384 e. The van der Waals surface area contributed by atoms with Crippen LogP contribution in [0.5, 0.6) is 0 Å². The number of aliphatic hydroxyl groups is 1. The van der Waals surface area contributed by atoms with Crippen molar-refractivity contribution in [1.29, 1.82) is 0 Å². The van der Waals surface area contributed by atoms with Crippen molar-refractivity contribution in [3.8, 4) is 0 Å². The molecule has 0 saturated carbocycles. The van der Waals surface area contributed by atoms with Gasteiger partial charge < -0.3 is 5.11 Å². The van der Waals surface area contributed by atoms with E-state index >= 15 is 0 Å². The molecule has 0 fully saturated rings. The van der Waals surface area contributed by atoms with Crippen LogP contribution in [0.3, 0.4) is 0 Å². The summed E-state index contributed by atoms with van der Waals surface area (Å²) in [6.07, 6.45) is -2.57. The molecule has 1 N–H and O–H groups in total. The van der Waals surface area contributed by atoms with Crippen LogP contribution in [-0.2, 0) is 0 Å². The lowest BCUT2D eigenvalue weighted by molar-refractivity contribution is 0.220. The molecular weight excluding hydrogens is 162 g/mol. The van der Waals surface area contributed by atoms with E-state index in [1.54, 1.807) is 30.3 Å². The first kappa shape index (κ1) is 8.87. The van der Waals surface area contributed by atoms with Crippen LogP contribution in [0.4, 0.5) is 8.78 Å². The lowest BCUT2D eigenvalue weighted by atomic mass is 10.1. The molecule has 0 aliphatic carbocycles. The highest BCUT2D eigenvalue weighted by atomic mass is 19.3. The van der Waals surface area contributed by atoms with Crippen LogP contribution in [-0.4, -0.2) is 5.11 Å². The van der Waals surface area contributed by atoms with Gasteiger partial charge in [-0.2, -0.15) is 8.78 Å². The summed E-state index contributed by atoms with van der Waals surface area (Å²) in [6, 6.07) is 8.30. The van der Waals surface area contributed by atoms with Crippen molar-refractivity contribution >= 4 is 0 Å². The molecule has 0 spiro atoms. The predicted molar refractivity (Wildman–Crippen MR) is 41.7 cm³/mol. The molecular formula is C9H8F2O. The standard InChI is InChI=1S/C9H8F2O/c10-9(11)6-8(12)7-4-2-1-3-5-7/h1-6,8,12H. The molecule has 1 rings (SSSR count). The van der Waals surface area contributed by atoms with Gasteiger partial charge in [0.05, 0.1) is 0 Å². The maximum atomic E-state index is 11.7. The molecule has 1 nitrogen and oxygen atoms in total. The fourth-order valence-electron chi connectivity index (χ4n) is 0.866. The molecule has 0 bridgehead atoms. The molecule has 3 heteroatoms. The maximum absolute atomic E-state index is 11.7. The van der Waals surface area contributed by atoms with Crippen LogP contribution in [0, 0.1) is 0 Å². The predicted octanol–water partition coefficient (Wildman–Crippen LogP) is 2.50. The third-order valence-corrected chi connectivity index (χ3v) is 1.42. The van der Waals surface area contributed by atoms with E-state index < -0.39 is 12.2 Å². The molecule has 0 amide bonds. The average molecular weight is 170 g/mol. The molecule has 1 unspecified atom stereocenters. The first-order valence-electron chi connectivity index (χ1n) is 3.46. The van der Waals surface area contributed by atoms with Crippen molar-refractivity contribution in [2.75, 3.05) is 0 Å². The Bertz CT molecular complexity index is 265. The van der Waals surface area contributed by atoms with E-state index in [1.807, 2.05) is 0 Å². The van der Waals surface area contributed by atoms with Gasteiger partial charge in [0.25, 0.3) is 6.08 Å². The van der Waals surface area contributed by atoms with E-state index in [1.165, 1.54) is 0 Å². The highest BCUT2D eigenvalue weighted by Crippen LogP contribution is 2.15. The van der Waals surface area contributed by atoms with E-state index in [2.05, 4.69) is 0 Å². The second kappa shape index (κ2) is 3.97. The maximum Gasteiger partial charge on any atom is 0.269 e. The van der Waals surface area contributed by atoms with Crippen LogP contribution in [0.2, 0.25) is 0 Å². The third kappa shape index (κ3) is 2.43. The highest BCUT2D eigenvalue weighted by Gasteiger charge is 2.04. The SMILES string of the molecule is OC(C=C(F)F)c1ccccc1. The van der Waals surface area contributed by atoms with Crippen molar-refractivity contribution in [1.82, 2.24) is 0 Å². The summed E-state index contributed by atoms with van der Waals surface area (Å²) in [4.78, 5) is 0. The van der Waals surface area contributed by atoms with Crippen molar-refractivity contribution in [2.24, 2.45) is 0 Å². The molecule has 0 aliphatic rings. The van der Waals surface area contributed by atoms with Crippen molar-refractivity contribution in [2.45, 2.75) is 6.10 Å². The Morgan fingerprint density at radius 3 is 2.33 bits per heavy atom. The Kier molecular flexibility index (Phi) is 2.94. The van der Waals surface area contributed by atoms with E-state index in [9.17, 15) is 8.78 Å². The number of rotatable bonds is 2. The molecule has 0 saturated heterocycles. The zero-order valence-corrected chi connectivity index (χ0v) is 6.24. The molecule has 1 atom stereocenters. The van der Waals surface area contributed by atoms with Crippen molar-refractivity contribution in [3.05, 3.63) is 48.1 Å². The molecule has 12 heavy (non-hydrogen) atoms. The first-order chi connectivity index (χ1) is 5.70. The Balaban J connectivity index is 2.79. The molecule has 0 radical (unpaired) electrons. The third-order valence-electron chi connectivity index (χ3n) is 1.42. The van der Waals surface area contributed by atoms with Gasteiger partial charge in [0.1, 0.15) is 6.10 Å². The van der Waals surface area contributed by atoms with Gasteiger partial charge in [0, 0.05) is 6.08 Å². The lowest BCUT2D eigenvalue weighted by Crippen LogP contribution is -1.91. The van der Waals surface area contributed by atoms with E-state index in [-0.39, 0.29) is 0 Å². The second-order valence-electron chi connectivity index (χ2n) is 2.31. The second-order valence-corrected chi connectivity index (χ2v) is 2.31. The molecule has 0 aromatic heterocycles. The van der Waals surface area contributed by atoms with Crippen LogP contribution in [0.15, 0.2) is 42.5 Å². The quantitative estimate of drug-likeness (QED) is 0.722. The Hall–Kier alpha value is -1.22. The smallest absolute Gasteiger partial charge is 0.269 e. The Morgan fingerprint density at radius 2 is 1.83 bits per heavy atom. The van der Waals surface area contributed by atoms with Crippen LogP contribution < -0.4 is 0 Å². The van der Waals surface area contributed by atoms with Gasteiger partial charge in [-0.25, -0.2) is 0 Å². The minimum absolute atomic E-state index is 0.463. The van der Waals surface area contributed by atoms with Gasteiger partial charge in [-0.15, -0.1) is 0 Å². The summed E-state index contributed by atoms with van der Waals surface area (Å²) >= 11 is 0. The average Bonchev–Trinajstić information content (AvgIpc) is 2.05. The van der Waals surface area contributed by atoms with Gasteiger partial charge in [0.15, 0.2) is 0 Å². The molecule has 0 aliphatic heterocycles. The lowest BCUT2D eigenvalue weighted by Gasteiger charge is -2.03. The zero-order valence-electron chi connectivity index (χ0n) is 6.24. The van der Waals surface area contributed by atoms with Crippen LogP contribution in [0.1, 0.15) is 11.7 Å². The number of hydrogen-bond donors (Lipinski definition) is 1. The van der Waals surface area contributed by atoms with E-state index in [4.69, 9.17) is 5.11 Å². The molecule has 1 aromatic rings. The van der Waals surface area contributed by atoms with Gasteiger partial charge in [-0.1, -0.05) is 30.3 Å². The van der Waals surface area contributed by atoms with Crippen molar-refractivity contribution < 1.29 is 13.9 Å². The Labute approximate surface area is 69.0 Å². The first-order valence-corrected chi connectivity index (χ1v) is 3.46. The van der Waals surface area contributed by atoms with Crippen molar-refractivity contribution in [3.63, 3.8) is 0 Å². The fourth-order valence-corrected chi connectivity index (χ4v) is 0.866. The summed E-state index contributed by atoms with van der Waals surface area (Å²) in [5.41, 5.74) is 0.463. The minimum atomic E-state index is -1.87. The number of aliphatic hydroxyl groups excluding tert-OH is 1. The highest BCUT2D eigenvalue weighted by molar-refractivity contribution is 5.20. The molecule has 0 heterocycles. The van der Waals surface area contributed by atoms with E-state index in [0.29, 0.717) is 11.6 Å². The molecule has 64 valence electrons. The summed E-state index contributed by atoms with van der Waals surface area (Å²) in [7, 11) is 0.